The first-order valence-electron chi connectivity index (χ1n) is 7.45. The highest BCUT2D eigenvalue weighted by Crippen LogP contribution is 2.29. The number of esters is 2. The Morgan fingerprint density at radius 1 is 1.04 bits per heavy atom. The standard InChI is InChI=1S/C8H9BrClNO2.C8H10BrNO2/c1-3-13-8(12)7-6(10)5(9)4(2)11-7;1-3-12-8(11)7-4-6(9)5(2)10-7/h11H,3H2,1-2H3;4,10H,3H2,1-2H3. The number of halogens is 3. The molecule has 0 amide bonds. The zero-order chi connectivity index (χ0) is 19.1. The molecule has 25 heavy (non-hydrogen) atoms. The number of H-pyrrole nitrogens is 2. The molecule has 0 aliphatic carbocycles. The minimum atomic E-state index is -0.429. The number of rotatable bonds is 4. The molecule has 0 unspecified atom stereocenters. The first-order valence-corrected chi connectivity index (χ1v) is 9.42. The first-order chi connectivity index (χ1) is 11.7. The Kier molecular flexibility index (Phi) is 8.75. The van der Waals surface area contributed by atoms with E-state index in [9.17, 15) is 9.59 Å². The highest BCUT2D eigenvalue weighted by Gasteiger charge is 2.18. The summed E-state index contributed by atoms with van der Waals surface area (Å²) in [6.45, 7) is 7.96. The fourth-order valence-electron chi connectivity index (χ4n) is 1.77. The van der Waals surface area contributed by atoms with Gasteiger partial charge >= 0.3 is 11.9 Å². The summed E-state index contributed by atoms with van der Waals surface area (Å²) in [5.74, 6) is -0.743. The predicted octanol–water partition coefficient (Wildman–Crippen LogP) is 5.18. The SMILES string of the molecule is CCOC(=O)c1[nH]c(C)c(Br)c1Cl.CCOC(=O)c1cc(Br)c(C)[nH]1. The molecule has 0 aliphatic rings. The van der Waals surface area contributed by atoms with Crippen LogP contribution in [0.4, 0.5) is 0 Å². The smallest absolute Gasteiger partial charge is 0.356 e. The van der Waals surface area contributed by atoms with Crippen LogP contribution in [-0.2, 0) is 9.47 Å². The van der Waals surface area contributed by atoms with E-state index in [1.807, 2.05) is 13.8 Å². The van der Waals surface area contributed by atoms with E-state index in [1.54, 1.807) is 19.9 Å². The van der Waals surface area contributed by atoms with Crippen LogP contribution < -0.4 is 0 Å². The van der Waals surface area contributed by atoms with Gasteiger partial charge in [-0.1, -0.05) is 11.6 Å². The quantitative estimate of drug-likeness (QED) is 0.569. The van der Waals surface area contributed by atoms with E-state index in [-0.39, 0.29) is 5.97 Å². The summed E-state index contributed by atoms with van der Waals surface area (Å²) in [6.07, 6.45) is 0. The molecule has 0 bridgehead atoms. The van der Waals surface area contributed by atoms with E-state index < -0.39 is 5.97 Å². The topological polar surface area (TPSA) is 84.2 Å². The number of carbonyl (C=O) groups is 2. The molecule has 2 N–H and O–H groups in total. The minimum Gasteiger partial charge on any atom is -0.461 e. The van der Waals surface area contributed by atoms with Crippen molar-refractivity contribution < 1.29 is 19.1 Å². The van der Waals surface area contributed by atoms with Crippen molar-refractivity contribution >= 4 is 55.4 Å². The van der Waals surface area contributed by atoms with Gasteiger partial charge < -0.3 is 19.4 Å². The molecular formula is C16H19Br2ClN2O4. The summed E-state index contributed by atoms with van der Waals surface area (Å²) in [4.78, 5) is 28.2. The van der Waals surface area contributed by atoms with Gasteiger partial charge in [0, 0.05) is 15.9 Å². The highest BCUT2D eigenvalue weighted by molar-refractivity contribution is 9.10. The molecule has 0 atom stereocenters. The maximum atomic E-state index is 11.3. The minimum absolute atomic E-state index is 0.299. The lowest BCUT2D eigenvalue weighted by molar-refractivity contribution is 0.0511. The second-order valence-electron chi connectivity index (χ2n) is 4.85. The van der Waals surface area contributed by atoms with Gasteiger partial charge in [-0.3, -0.25) is 0 Å². The number of hydrogen-bond donors (Lipinski definition) is 2. The molecule has 0 spiro atoms. The predicted molar refractivity (Wildman–Crippen MR) is 103 cm³/mol. The Hall–Kier alpha value is -1.25. The molecule has 2 aromatic rings. The summed E-state index contributed by atoms with van der Waals surface area (Å²) in [6, 6.07) is 1.72. The van der Waals surface area contributed by atoms with Gasteiger partial charge in [-0.05, 0) is 65.6 Å². The number of hydrogen-bond acceptors (Lipinski definition) is 4. The largest absolute Gasteiger partial charge is 0.461 e. The molecule has 0 saturated heterocycles. The third-order valence-electron chi connectivity index (χ3n) is 2.98. The average molecular weight is 499 g/mol. The lowest BCUT2D eigenvalue weighted by Gasteiger charge is -1.98. The van der Waals surface area contributed by atoms with Crippen molar-refractivity contribution in [3.05, 3.63) is 42.8 Å². The Balaban J connectivity index is 0.000000251. The molecular weight excluding hydrogens is 479 g/mol. The monoisotopic (exact) mass is 496 g/mol. The van der Waals surface area contributed by atoms with Crippen LogP contribution in [0.2, 0.25) is 5.02 Å². The third-order valence-corrected chi connectivity index (χ3v) is 5.40. The van der Waals surface area contributed by atoms with Crippen LogP contribution >= 0.6 is 43.5 Å². The molecule has 0 radical (unpaired) electrons. The number of aryl methyl sites for hydroxylation is 2. The molecule has 0 aromatic carbocycles. The molecule has 6 nitrogen and oxygen atoms in total. The van der Waals surface area contributed by atoms with Gasteiger partial charge in [-0.25, -0.2) is 9.59 Å². The summed E-state index contributed by atoms with van der Waals surface area (Å²) >= 11 is 12.4. The Morgan fingerprint density at radius 3 is 2.00 bits per heavy atom. The van der Waals surface area contributed by atoms with Crippen molar-refractivity contribution in [2.45, 2.75) is 27.7 Å². The molecule has 0 aliphatic heterocycles. The van der Waals surface area contributed by atoms with E-state index in [0.717, 1.165) is 15.9 Å². The lowest BCUT2D eigenvalue weighted by Crippen LogP contribution is -2.05. The molecule has 138 valence electrons. The second kappa shape index (κ2) is 10.0. The molecule has 0 fully saturated rings. The van der Waals surface area contributed by atoms with Crippen molar-refractivity contribution in [2.75, 3.05) is 13.2 Å². The van der Waals surface area contributed by atoms with E-state index in [2.05, 4.69) is 41.8 Å². The van der Waals surface area contributed by atoms with Gasteiger partial charge in [0.2, 0.25) is 0 Å². The first kappa shape index (κ1) is 21.8. The zero-order valence-electron chi connectivity index (χ0n) is 14.3. The highest BCUT2D eigenvalue weighted by atomic mass is 79.9. The number of ether oxygens (including phenoxy) is 2. The van der Waals surface area contributed by atoms with Crippen molar-refractivity contribution in [1.29, 1.82) is 0 Å². The molecule has 2 rings (SSSR count). The van der Waals surface area contributed by atoms with Crippen molar-refractivity contribution in [2.24, 2.45) is 0 Å². The van der Waals surface area contributed by atoms with Gasteiger partial charge in [-0.2, -0.15) is 0 Å². The lowest BCUT2D eigenvalue weighted by atomic mass is 10.4. The average Bonchev–Trinajstić information content (AvgIpc) is 3.03. The summed E-state index contributed by atoms with van der Waals surface area (Å²) in [5.41, 5.74) is 2.53. The maximum absolute atomic E-state index is 11.3. The van der Waals surface area contributed by atoms with Crippen LogP contribution in [0.1, 0.15) is 46.2 Å². The Labute approximate surface area is 167 Å². The Morgan fingerprint density at radius 2 is 1.60 bits per heavy atom. The van der Waals surface area contributed by atoms with E-state index in [4.69, 9.17) is 21.1 Å². The fraction of sp³-hybridized carbons (Fsp3) is 0.375. The maximum Gasteiger partial charge on any atom is 0.356 e. The number of nitrogens with one attached hydrogen (secondary N) is 2. The normalized spacial score (nSPS) is 10.0. The third kappa shape index (κ3) is 5.90. The molecule has 2 heterocycles. The summed E-state index contributed by atoms with van der Waals surface area (Å²) in [7, 11) is 0. The van der Waals surface area contributed by atoms with Crippen LogP contribution in [0.25, 0.3) is 0 Å². The van der Waals surface area contributed by atoms with E-state index >= 15 is 0 Å². The number of aromatic nitrogens is 2. The summed E-state index contributed by atoms with van der Waals surface area (Å²) in [5, 5.41) is 0.371. The van der Waals surface area contributed by atoms with Crippen LogP contribution in [0.3, 0.4) is 0 Å². The van der Waals surface area contributed by atoms with Crippen molar-refractivity contribution in [1.82, 2.24) is 9.97 Å². The van der Waals surface area contributed by atoms with Crippen molar-refractivity contribution in [3.8, 4) is 0 Å². The van der Waals surface area contributed by atoms with Crippen LogP contribution in [0, 0.1) is 13.8 Å². The van der Waals surface area contributed by atoms with Crippen LogP contribution in [0.5, 0.6) is 0 Å². The molecule has 9 heteroatoms. The van der Waals surface area contributed by atoms with Crippen LogP contribution in [-0.4, -0.2) is 35.1 Å². The van der Waals surface area contributed by atoms with E-state index in [1.165, 1.54) is 0 Å². The van der Waals surface area contributed by atoms with Gasteiger partial charge in [0.25, 0.3) is 0 Å². The van der Waals surface area contributed by atoms with Crippen LogP contribution in [0.15, 0.2) is 15.0 Å². The fourth-order valence-corrected chi connectivity index (χ4v) is 2.66. The van der Waals surface area contributed by atoms with Crippen molar-refractivity contribution in [3.63, 3.8) is 0 Å². The zero-order valence-corrected chi connectivity index (χ0v) is 18.2. The number of carbonyl (C=O) groups excluding carboxylic acids is 2. The van der Waals surface area contributed by atoms with Gasteiger partial charge in [0.15, 0.2) is 0 Å². The Bertz CT molecular complexity index is 736. The van der Waals surface area contributed by atoms with E-state index in [0.29, 0.717) is 34.1 Å². The number of aromatic amines is 2. The summed E-state index contributed by atoms with van der Waals surface area (Å²) < 4.78 is 11.2. The molecule has 0 saturated carbocycles. The molecule has 2 aromatic heterocycles. The van der Waals surface area contributed by atoms with Gasteiger partial charge in [0.1, 0.15) is 11.4 Å². The van der Waals surface area contributed by atoms with Gasteiger partial charge in [-0.15, -0.1) is 0 Å². The second-order valence-corrected chi connectivity index (χ2v) is 6.88. The van der Waals surface area contributed by atoms with Gasteiger partial charge in [0.05, 0.1) is 22.7 Å².